The second-order valence-corrected chi connectivity index (χ2v) is 4.74. The molecule has 0 saturated heterocycles. The smallest absolute Gasteiger partial charge is 0.372 e. The van der Waals surface area contributed by atoms with E-state index < -0.39 is 5.97 Å². The second kappa shape index (κ2) is 7.21. The van der Waals surface area contributed by atoms with Crippen molar-refractivity contribution in [3.8, 4) is 5.75 Å². The molecule has 0 aliphatic carbocycles. The number of benzene rings is 1. The average Bonchev–Trinajstić information content (AvgIpc) is 2.52. The number of rotatable bonds is 5. The van der Waals surface area contributed by atoms with Crippen LogP contribution in [0.4, 0.5) is 0 Å². The van der Waals surface area contributed by atoms with Crippen LogP contribution in [0.25, 0.3) is 0 Å². The Balaban J connectivity index is 1.88. The molecule has 0 bridgehead atoms. The molecule has 1 heterocycles. The number of amidine groups is 1. The first-order chi connectivity index (χ1) is 10.6. The molecule has 0 atom stereocenters. The first-order valence-corrected chi connectivity index (χ1v) is 6.70. The van der Waals surface area contributed by atoms with Crippen molar-refractivity contribution in [1.29, 1.82) is 0 Å². The van der Waals surface area contributed by atoms with Gasteiger partial charge in [0.15, 0.2) is 12.4 Å². The van der Waals surface area contributed by atoms with Crippen LogP contribution < -0.4 is 10.5 Å². The Labute approximate surface area is 128 Å². The number of carbonyl (C=O) groups excluding carboxylic acids is 1. The van der Waals surface area contributed by atoms with E-state index in [2.05, 4.69) is 10.1 Å². The molecule has 2 N–H and O–H groups in total. The molecule has 114 valence electrons. The first-order valence-electron chi connectivity index (χ1n) is 6.70. The summed E-state index contributed by atoms with van der Waals surface area (Å²) >= 11 is 0. The minimum Gasteiger partial charge on any atom is -0.482 e. The number of hydrogen-bond donors (Lipinski definition) is 1. The maximum Gasteiger partial charge on any atom is 0.372 e. The molecule has 0 radical (unpaired) electrons. The Bertz CT molecular complexity index is 684. The van der Waals surface area contributed by atoms with Gasteiger partial charge in [0.25, 0.3) is 0 Å². The Kier molecular flexibility index (Phi) is 5.08. The van der Waals surface area contributed by atoms with E-state index in [1.807, 2.05) is 32.0 Å². The highest BCUT2D eigenvalue weighted by Gasteiger charge is 2.07. The highest BCUT2D eigenvalue weighted by Crippen LogP contribution is 2.18. The molecule has 0 unspecified atom stereocenters. The Morgan fingerprint density at radius 3 is 2.82 bits per heavy atom. The zero-order valence-corrected chi connectivity index (χ0v) is 12.4. The number of oxime groups is 1. The third kappa shape index (κ3) is 4.31. The lowest BCUT2D eigenvalue weighted by molar-refractivity contribution is -0.146. The SMILES string of the molecule is Cc1ccc(OCC(=O)ON=C(N)c2cccnc2)c(C)c1. The molecule has 1 aromatic heterocycles. The van der Waals surface area contributed by atoms with Crippen molar-refractivity contribution in [1.82, 2.24) is 4.98 Å². The molecule has 0 aliphatic rings. The third-order valence-corrected chi connectivity index (χ3v) is 2.88. The van der Waals surface area contributed by atoms with Crippen molar-refractivity contribution in [3.05, 3.63) is 59.4 Å². The van der Waals surface area contributed by atoms with Crippen LogP contribution in [0, 0.1) is 13.8 Å². The number of nitrogens with zero attached hydrogens (tertiary/aromatic N) is 2. The summed E-state index contributed by atoms with van der Waals surface area (Å²) in [5.41, 5.74) is 8.33. The lowest BCUT2D eigenvalue weighted by Crippen LogP contribution is -2.18. The van der Waals surface area contributed by atoms with Gasteiger partial charge in [-0.1, -0.05) is 22.9 Å². The molecule has 0 spiro atoms. The monoisotopic (exact) mass is 299 g/mol. The van der Waals surface area contributed by atoms with E-state index in [1.54, 1.807) is 18.3 Å². The summed E-state index contributed by atoms with van der Waals surface area (Å²) < 4.78 is 5.39. The fourth-order valence-corrected chi connectivity index (χ4v) is 1.79. The van der Waals surface area contributed by atoms with Crippen LogP contribution in [0.5, 0.6) is 5.75 Å². The van der Waals surface area contributed by atoms with Gasteiger partial charge in [0.2, 0.25) is 0 Å². The van der Waals surface area contributed by atoms with E-state index >= 15 is 0 Å². The zero-order chi connectivity index (χ0) is 15.9. The Morgan fingerprint density at radius 2 is 2.14 bits per heavy atom. The standard InChI is InChI=1S/C16H17N3O3/c1-11-5-6-14(12(2)8-11)21-10-15(20)22-19-16(17)13-4-3-7-18-9-13/h3-9H,10H2,1-2H3,(H2,17,19). The summed E-state index contributed by atoms with van der Waals surface area (Å²) in [5, 5.41) is 3.57. The Hall–Kier alpha value is -2.89. The molecule has 0 fully saturated rings. The van der Waals surface area contributed by atoms with Gasteiger partial charge in [-0.2, -0.15) is 0 Å². The van der Waals surface area contributed by atoms with Gasteiger partial charge in [-0.25, -0.2) is 4.79 Å². The molecule has 0 amide bonds. The summed E-state index contributed by atoms with van der Waals surface area (Å²) in [6.45, 7) is 3.65. The molecule has 0 saturated carbocycles. The molecule has 2 rings (SSSR count). The quantitative estimate of drug-likeness (QED) is 0.394. The van der Waals surface area contributed by atoms with Gasteiger partial charge in [0.1, 0.15) is 5.75 Å². The largest absolute Gasteiger partial charge is 0.482 e. The number of pyridine rings is 1. The van der Waals surface area contributed by atoms with Crippen LogP contribution in [-0.2, 0) is 9.63 Å². The molecule has 6 nitrogen and oxygen atoms in total. The van der Waals surface area contributed by atoms with Crippen molar-refractivity contribution in [3.63, 3.8) is 0 Å². The summed E-state index contributed by atoms with van der Waals surface area (Å²) in [5.74, 6) is 0.0755. The van der Waals surface area contributed by atoms with Crippen molar-refractivity contribution in [2.24, 2.45) is 10.9 Å². The number of nitrogens with two attached hydrogens (primary N) is 1. The lowest BCUT2D eigenvalue weighted by atomic mass is 10.1. The van der Waals surface area contributed by atoms with E-state index in [0.717, 1.165) is 11.1 Å². The normalized spacial score (nSPS) is 11.1. The maximum absolute atomic E-state index is 11.6. The number of hydrogen-bond acceptors (Lipinski definition) is 5. The van der Waals surface area contributed by atoms with Crippen LogP contribution in [0.15, 0.2) is 47.9 Å². The summed E-state index contributed by atoms with van der Waals surface area (Å²) in [7, 11) is 0. The van der Waals surface area contributed by atoms with E-state index in [-0.39, 0.29) is 12.4 Å². The molecular weight excluding hydrogens is 282 g/mol. The zero-order valence-electron chi connectivity index (χ0n) is 12.4. The number of aromatic nitrogens is 1. The minimum absolute atomic E-state index is 0.0768. The van der Waals surface area contributed by atoms with E-state index in [1.165, 1.54) is 6.20 Å². The third-order valence-electron chi connectivity index (χ3n) is 2.88. The predicted molar refractivity (Wildman–Crippen MR) is 82.5 cm³/mol. The maximum atomic E-state index is 11.6. The van der Waals surface area contributed by atoms with Crippen molar-refractivity contribution < 1.29 is 14.4 Å². The van der Waals surface area contributed by atoms with Gasteiger partial charge in [-0.15, -0.1) is 0 Å². The van der Waals surface area contributed by atoms with Crippen LogP contribution in [-0.4, -0.2) is 23.4 Å². The van der Waals surface area contributed by atoms with Crippen LogP contribution in [0.2, 0.25) is 0 Å². The van der Waals surface area contributed by atoms with Gasteiger partial charge in [-0.05, 0) is 37.6 Å². The highest BCUT2D eigenvalue weighted by molar-refractivity contribution is 5.97. The summed E-state index contributed by atoms with van der Waals surface area (Å²) in [6, 6.07) is 9.12. The first kappa shape index (κ1) is 15.5. The van der Waals surface area contributed by atoms with Crippen LogP contribution >= 0.6 is 0 Å². The minimum atomic E-state index is -0.633. The highest BCUT2D eigenvalue weighted by atomic mass is 16.7. The van der Waals surface area contributed by atoms with Gasteiger partial charge in [0.05, 0.1) is 0 Å². The topological polar surface area (TPSA) is 86.8 Å². The van der Waals surface area contributed by atoms with Crippen molar-refractivity contribution >= 4 is 11.8 Å². The Morgan fingerprint density at radius 1 is 1.32 bits per heavy atom. The molecule has 1 aromatic carbocycles. The number of carbonyl (C=O) groups is 1. The summed E-state index contributed by atoms with van der Waals surface area (Å²) in [4.78, 5) is 20.2. The van der Waals surface area contributed by atoms with E-state index in [9.17, 15) is 4.79 Å². The van der Waals surface area contributed by atoms with Crippen LogP contribution in [0.3, 0.4) is 0 Å². The fourth-order valence-electron chi connectivity index (χ4n) is 1.79. The lowest BCUT2D eigenvalue weighted by Gasteiger charge is -2.08. The predicted octanol–water partition coefficient (Wildman–Crippen LogP) is 1.94. The second-order valence-electron chi connectivity index (χ2n) is 4.74. The van der Waals surface area contributed by atoms with E-state index in [4.69, 9.17) is 15.3 Å². The molecule has 0 aliphatic heterocycles. The van der Waals surface area contributed by atoms with Gasteiger partial charge in [-0.3, -0.25) is 4.98 Å². The van der Waals surface area contributed by atoms with E-state index in [0.29, 0.717) is 11.3 Å². The summed E-state index contributed by atoms with van der Waals surface area (Å²) in [6.07, 6.45) is 3.14. The fraction of sp³-hybridized carbons (Fsp3) is 0.188. The molecule has 2 aromatic rings. The number of ether oxygens (including phenoxy) is 1. The van der Waals surface area contributed by atoms with Gasteiger partial charge >= 0.3 is 5.97 Å². The number of aryl methyl sites for hydroxylation is 2. The van der Waals surface area contributed by atoms with Crippen LogP contribution in [0.1, 0.15) is 16.7 Å². The van der Waals surface area contributed by atoms with Crippen molar-refractivity contribution in [2.45, 2.75) is 13.8 Å². The van der Waals surface area contributed by atoms with Gasteiger partial charge < -0.3 is 15.3 Å². The molecular formula is C16H17N3O3. The molecule has 6 heteroatoms. The average molecular weight is 299 g/mol. The van der Waals surface area contributed by atoms with Crippen molar-refractivity contribution in [2.75, 3.05) is 6.61 Å². The van der Waals surface area contributed by atoms with Gasteiger partial charge in [0, 0.05) is 18.0 Å². The molecule has 22 heavy (non-hydrogen) atoms.